The zero-order valence-electron chi connectivity index (χ0n) is 9.84. The van der Waals surface area contributed by atoms with Crippen molar-refractivity contribution in [2.45, 2.75) is 16.7 Å². The predicted molar refractivity (Wildman–Crippen MR) is 74.3 cm³/mol. The monoisotopic (exact) mass is 256 g/mol. The molecule has 18 heavy (non-hydrogen) atoms. The molecule has 0 amide bonds. The van der Waals surface area contributed by atoms with Crippen LogP contribution in [0.2, 0.25) is 0 Å². The van der Waals surface area contributed by atoms with E-state index in [2.05, 4.69) is 22.6 Å². The van der Waals surface area contributed by atoms with Crippen LogP contribution in [0.5, 0.6) is 0 Å². The van der Waals surface area contributed by atoms with Gasteiger partial charge in [-0.25, -0.2) is 0 Å². The first kappa shape index (κ1) is 11.2. The molecule has 0 atom stereocenters. The van der Waals surface area contributed by atoms with Gasteiger partial charge in [0.1, 0.15) is 0 Å². The van der Waals surface area contributed by atoms with Crippen molar-refractivity contribution in [2.24, 2.45) is 5.16 Å². The van der Waals surface area contributed by atoms with Gasteiger partial charge in [-0.1, -0.05) is 35.1 Å². The van der Waals surface area contributed by atoms with Crippen LogP contribution in [0.1, 0.15) is 12.5 Å². The van der Waals surface area contributed by atoms with E-state index in [1.807, 2.05) is 30.3 Å². The summed E-state index contributed by atoms with van der Waals surface area (Å²) in [4.78, 5) is 2.41. The highest BCUT2D eigenvalue weighted by Crippen LogP contribution is 2.44. The molecule has 0 saturated heterocycles. The highest BCUT2D eigenvalue weighted by molar-refractivity contribution is 7.99. The Balaban J connectivity index is 2.03. The molecule has 0 bridgehead atoms. The number of hydrogen-bond acceptors (Lipinski definition) is 4. The van der Waals surface area contributed by atoms with Crippen LogP contribution in [0.3, 0.4) is 0 Å². The number of oxime groups is 1. The molecule has 0 saturated carbocycles. The van der Waals surface area contributed by atoms with Gasteiger partial charge < -0.3 is 10.5 Å². The maximum absolute atomic E-state index is 8.81. The van der Waals surface area contributed by atoms with Crippen molar-refractivity contribution < 1.29 is 5.21 Å². The Kier molecular flexibility index (Phi) is 2.72. The van der Waals surface area contributed by atoms with E-state index in [1.165, 1.54) is 9.79 Å². The molecule has 0 spiro atoms. The molecule has 4 heteroatoms. The summed E-state index contributed by atoms with van der Waals surface area (Å²) < 4.78 is 0. The fourth-order valence-electron chi connectivity index (χ4n) is 1.92. The van der Waals surface area contributed by atoms with Gasteiger partial charge in [0.25, 0.3) is 0 Å². The summed E-state index contributed by atoms with van der Waals surface area (Å²) in [6, 6.07) is 14.2. The van der Waals surface area contributed by atoms with Crippen LogP contribution in [0, 0.1) is 0 Å². The Bertz CT molecular complexity index is 637. The second-order valence-electron chi connectivity index (χ2n) is 4.12. The molecule has 1 aliphatic heterocycles. The van der Waals surface area contributed by atoms with E-state index in [9.17, 15) is 0 Å². The molecule has 0 aliphatic carbocycles. The third-order valence-electron chi connectivity index (χ3n) is 2.92. The third kappa shape index (κ3) is 1.84. The molecule has 0 fully saturated rings. The van der Waals surface area contributed by atoms with E-state index in [4.69, 9.17) is 5.21 Å². The summed E-state index contributed by atoms with van der Waals surface area (Å²) in [5.74, 6) is 0. The van der Waals surface area contributed by atoms with Crippen molar-refractivity contribution in [3.63, 3.8) is 0 Å². The Labute approximate surface area is 110 Å². The van der Waals surface area contributed by atoms with Gasteiger partial charge in [0.15, 0.2) is 0 Å². The second kappa shape index (κ2) is 4.38. The lowest BCUT2D eigenvalue weighted by Crippen LogP contribution is -2.02. The molecule has 90 valence electrons. The van der Waals surface area contributed by atoms with Crippen LogP contribution in [0.25, 0.3) is 0 Å². The van der Waals surface area contributed by atoms with Gasteiger partial charge in [0, 0.05) is 15.4 Å². The number of fused-ring (bicyclic) bond motifs is 2. The van der Waals surface area contributed by atoms with E-state index >= 15 is 0 Å². The largest absolute Gasteiger partial charge is 0.411 e. The topological polar surface area (TPSA) is 44.6 Å². The molecule has 0 unspecified atom stereocenters. The molecule has 0 aromatic heterocycles. The van der Waals surface area contributed by atoms with Crippen LogP contribution in [-0.2, 0) is 0 Å². The maximum Gasteiger partial charge on any atom is 0.0837 e. The minimum Gasteiger partial charge on any atom is -0.411 e. The Hall–Kier alpha value is -1.94. The minimum absolute atomic E-state index is 0.614. The summed E-state index contributed by atoms with van der Waals surface area (Å²) in [5, 5.41) is 15.4. The number of benzene rings is 2. The summed E-state index contributed by atoms with van der Waals surface area (Å²) >= 11 is 1.75. The molecule has 2 aromatic carbocycles. The summed E-state index contributed by atoms with van der Waals surface area (Å²) in [7, 11) is 0. The zero-order valence-corrected chi connectivity index (χ0v) is 10.7. The van der Waals surface area contributed by atoms with E-state index in [1.54, 1.807) is 18.7 Å². The highest BCUT2D eigenvalue weighted by Gasteiger charge is 2.15. The first-order chi connectivity index (χ1) is 8.78. The van der Waals surface area contributed by atoms with Gasteiger partial charge in [-0.2, -0.15) is 0 Å². The molecule has 0 radical (unpaired) electrons. The summed E-state index contributed by atoms with van der Waals surface area (Å²) in [6.07, 6.45) is 0. The molecule has 2 N–H and O–H groups in total. The maximum atomic E-state index is 8.81. The smallest absolute Gasteiger partial charge is 0.0837 e. The van der Waals surface area contributed by atoms with Gasteiger partial charge in [-0.3, -0.25) is 0 Å². The molecule has 2 aromatic rings. The summed E-state index contributed by atoms with van der Waals surface area (Å²) in [5.41, 5.74) is 3.71. The molecular formula is C14H12N2OS. The van der Waals surface area contributed by atoms with Crippen molar-refractivity contribution in [1.29, 1.82) is 0 Å². The molecule has 1 heterocycles. The number of hydrogen-bond donors (Lipinski definition) is 2. The zero-order chi connectivity index (χ0) is 12.5. The minimum atomic E-state index is 0.614. The Morgan fingerprint density at radius 2 is 1.89 bits per heavy atom. The standard InChI is InChI=1S/C14H12N2OS/c1-9(16-17)10-6-7-14-12(8-10)15-11-4-2-3-5-13(11)18-14/h2-8,15,17H,1H3. The van der Waals surface area contributed by atoms with Crippen LogP contribution < -0.4 is 5.32 Å². The molecule has 1 aliphatic rings. The Morgan fingerprint density at radius 1 is 1.11 bits per heavy atom. The lowest BCUT2D eigenvalue weighted by Gasteiger charge is -2.21. The first-order valence-corrected chi connectivity index (χ1v) is 6.46. The predicted octanol–water partition coefficient (Wildman–Crippen LogP) is 4.09. The lowest BCUT2D eigenvalue weighted by atomic mass is 10.1. The molecule has 3 rings (SSSR count). The normalized spacial score (nSPS) is 13.5. The van der Waals surface area contributed by atoms with Crippen molar-refractivity contribution in [3.05, 3.63) is 48.0 Å². The quantitative estimate of drug-likeness (QED) is 0.391. The van der Waals surface area contributed by atoms with Crippen molar-refractivity contribution >= 4 is 28.8 Å². The first-order valence-electron chi connectivity index (χ1n) is 5.65. The van der Waals surface area contributed by atoms with E-state index < -0.39 is 0 Å². The number of nitrogens with zero attached hydrogens (tertiary/aromatic N) is 1. The lowest BCUT2D eigenvalue weighted by molar-refractivity contribution is 0.319. The number of nitrogens with one attached hydrogen (secondary N) is 1. The molecular weight excluding hydrogens is 244 g/mol. The molecule has 3 nitrogen and oxygen atoms in total. The fourth-order valence-corrected chi connectivity index (χ4v) is 2.89. The SMILES string of the molecule is CC(=NO)c1ccc2c(c1)Nc1ccccc1S2. The Morgan fingerprint density at radius 3 is 2.72 bits per heavy atom. The van der Waals surface area contributed by atoms with Gasteiger partial charge in [-0.15, -0.1) is 0 Å². The van der Waals surface area contributed by atoms with Crippen LogP contribution >= 0.6 is 11.8 Å². The summed E-state index contributed by atoms with van der Waals surface area (Å²) in [6.45, 7) is 1.78. The fraction of sp³-hybridized carbons (Fsp3) is 0.0714. The van der Waals surface area contributed by atoms with Gasteiger partial charge in [-0.05, 0) is 31.2 Å². The number of rotatable bonds is 1. The second-order valence-corrected chi connectivity index (χ2v) is 5.20. The van der Waals surface area contributed by atoms with Crippen molar-refractivity contribution in [2.75, 3.05) is 5.32 Å². The third-order valence-corrected chi connectivity index (χ3v) is 4.08. The van der Waals surface area contributed by atoms with E-state index in [0.29, 0.717) is 5.71 Å². The number of anilines is 2. The van der Waals surface area contributed by atoms with Crippen LogP contribution in [0.15, 0.2) is 57.4 Å². The van der Waals surface area contributed by atoms with Crippen LogP contribution in [0.4, 0.5) is 11.4 Å². The van der Waals surface area contributed by atoms with Gasteiger partial charge in [0.05, 0.1) is 17.1 Å². The average molecular weight is 256 g/mol. The number of para-hydroxylation sites is 1. The van der Waals surface area contributed by atoms with Gasteiger partial charge >= 0.3 is 0 Å². The van der Waals surface area contributed by atoms with E-state index in [0.717, 1.165) is 16.9 Å². The van der Waals surface area contributed by atoms with Crippen LogP contribution in [-0.4, -0.2) is 10.9 Å². The van der Waals surface area contributed by atoms with Crippen molar-refractivity contribution in [1.82, 2.24) is 0 Å². The van der Waals surface area contributed by atoms with Crippen molar-refractivity contribution in [3.8, 4) is 0 Å². The highest BCUT2D eigenvalue weighted by atomic mass is 32.2. The van der Waals surface area contributed by atoms with E-state index in [-0.39, 0.29) is 0 Å². The van der Waals surface area contributed by atoms with Gasteiger partial charge in [0.2, 0.25) is 0 Å². The average Bonchev–Trinajstić information content (AvgIpc) is 2.43.